The van der Waals surface area contributed by atoms with Crippen LogP contribution >= 0.6 is 11.3 Å². The summed E-state index contributed by atoms with van der Waals surface area (Å²) in [6.07, 6.45) is 1.56. The minimum Gasteiger partial charge on any atom is -0.497 e. The highest BCUT2D eigenvalue weighted by atomic mass is 32.2. The highest BCUT2D eigenvalue weighted by molar-refractivity contribution is 7.89. The van der Waals surface area contributed by atoms with Crippen molar-refractivity contribution in [3.63, 3.8) is 0 Å². The van der Waals surface area contributed by atoms with Gasteiger partial charge in [0, 0.05) is 36.8 Å². The topological polar surface area (TPSA) is 126 Å². The van der Waals surface area contributed by atoms with E-state index in [-0.39, 0.29) is 28.9 Å². The minimum atomic E-state index is -3.48. The number of hydrogen-bond donors (Lipinski definition) is 3. The lowest BCUT2D eigenvalue weighted by molar-refractivity contribution is 0.102. The van der Waals surface area contributed by atoms with Gasteiger partial charge >= 0.3 is 0 Å². The van der Waals surface area contributed by atoms with Crippen molar-refractivity contribution in [3.8, 4) is 5.75 Å². The fraction of sp³-hybridized carbons (Fsp3) is 0.550. The van der Waals surface area contributed by atoms with Crippen molar-refractivity contribution in [3.05, 3.63) is 34.3 Å². The van der Waals surface area contributed by atoms with Crippen LogP contribution in [0.5, 0.6) is 5.75 Å². The summed E-state index contributed by atoms with van der Waals surface area (Å²) in [5.74, 6) is 0.280. The fourth-order valence-corrected chi connectivity index (χ4v) is 7.42. The molecule has 174 valence electrons. The molecule has 0 spiro atoms. The van der Waals surface area contributed by atoms with Crippen LogP contribution in [0.4, 0.5) is 5.69 Å². The molecule has 12 heteroatoms. The van der Waals surface area contributed by atoms with E-state index in [4.69, 9.17) is 4.74 Å². The normalized spacial score (nSPS) is 26.7. The standard InChI is InChI=1S/C20H28N6O4S2/c1-12-17(13(2)23-22-12)32(28,29)26-10-4-5-14(11-26)19-24-25-20(31-19)18(27)21-15-6-8-16(30-3)9-7-15/h6-9,12-14,17,22-23H,4-5,10-11H2,1-3H3,(H,21,27). The van der Waals surface area contributed by atoms with Gasteiger partial charge < -0.3 is 10.1 Å². The van der Waals surface area contributed by atoms with Crippen LogP contribution in [-0.2, 0) is 10.0 Å². The smallest absolute Gasteiger partial charge is 0.286 e. The second-order valence-electron chi connectivity index (χ2n) is 8.20. The lowest BCUT2D eigenvalue weighted by atomic mass is 10.0. The molecule has 1 amide bonds. The molecular weight excluding hydrogens is 452 g/mol. The number of hydrogen-bond acceptors (Lipinski definition) is 9. The maximum Gasteiger partial charge on any atom is 0.286 e. The number of piperidine rings is 1. The number of methoxy groups -OCH3 is 1. The highest BCUT2D eigenvalue weighted by Crippen LogP contribution is 2.32. The number of sulfonamides is 1. The molecule has 3 atom stereocenters. The van der Waals surface area contributed by atoms with Gasteiger partial charge in [-0.15, -0.1) is 10.2 Å². The van der Waals surface area contributed by atoms with Crippen LogP contribution in [0.15, 0.2) is 24.3 Å². The molecule has 2 aliphatic rings. The molecule has 32 heavy (non-hydrogen) atoms. The van der Waals surface area contributed by atoms with Crippen LogP contribution in [0.2, 0.25) is 0 Å². The van der Waals surface area contributed by atoms with E-state index in [1.807, 2.05) is 13.8 Å². The predicted octanol–water partition coefficient (Wildman–Crippen LogP) is 1.56. The van der Waals surface area contributed by atoms with E-state index in [0.29, 0.717) is 29.5 Å². The molecule has 2 saturated heterocycles. The number of nitrogens with one attached hydrogen (secondary N) is 3. The molecule has 4 rings (SSSR count). The minimum absolute atomic E-state index is 0.0773. The van der Waals surface area contributed by atoms with E-state index in [1.54, 1.807) is 35.7 Å². The maximum atomic E-state index is 13.3. The maximum absolute atomic E-state index is 13.3. The number of ether oxygens (including phenoxy) is 1. The molecule has 3 N–H and O–H groups in total. The third-order valence-corrected chi connectivity index (χ3v) is 9.58. The number of carbonyl (C=O) groups excluding carboxylic acids is 1. The molecule has 0 bridgehead atoms. The summed E-state index contributed by atoms with van der Waals surface area (Å²) in [5.41, 5.74) is 6.67. The number of carbonyl (C=O) groups is 1. The molecule has 2 fully saturated rings. The predicted molar refractivity (Wildman–Crippen MR) is 122 cm³/mol. The third kappa shape index (κ3) is 4.64. The van der Waals surface area contributed by atoms with Crippen molar-refractivity contribution >= 4 is 33.0 Å². The molecule has 1 aromatic heterocycles. The molecule has 2 aliphatic heterocycles. The zero-order chi connectivity index (χ0) is 22.9. The van der Waals surface area contributed by atoms with E-state index in [1.165, 1.54) is 11.3 Å². The van der Waals surface area contributed by atoms with Gasteiger partial charge in [-0.2, -0.15) is 0 Å². The Bertz CT molecular complexity index is 1050. The number of rotatable bonds is 6. The number of nitrogens with zero attached hydrogens (tertiary/aromatic N) is 3. The Hall–Kier alpha value is -2.12. The zero-order valence-electron chi connectivity index (χ0n) is 18.2. The highest BCUT2D eigenvalue weighted by Gasteiger charge is 2.44. The average Bonchev–Trinajstić information content (AvgIpc) is 3.41. The SMILES string of the molecule is COc1ccc(NC(=O)c2nnc(C3CCCN(S(=O)(=O)C4C(C)NNC4C)C3)s2)cc1. The van der Waals surface area contributed by atoms with Crippen LogP contribution in [0.1, 0.15) is 47.4 Å². The van der Waals surface area contributed by atoms with Gasteiger partial charge in [-0.25, -0.2) is 12.7 Å². The third-order valence-electron chi connectivity index (χ3n) is 5.94. The number of hydrazine groups is 1. The van der Waals surface area contributed by atoms with Gasteiger partial charge in [0.05, 0.1) is 7.11 Å². The molecule has 0 aliphatic carbocycles. The Morgan fingerprint density at radius 2 is 1.88 bits per heavy atom. The van der Waals surface area contributed by atoms with E-state index in [0.717, 1.165) is 12.8 Å². The summed E-state index contributed by atoms with van der Waals surface area (Å²) in [5, 5.41) is 11.5. The quantitative estimate of drug-likeness (QED) is 0.569. The van der Waals surface area contributed by atoms with Gasteiger partial charge in [-0.05, 0) is 51.0 Å². The lowest BCUT2D eigenvalue weighted by Crippen LogP contribution is -2.49. The first kappa shape index (κ1) is 23.1. The molecule has 1 aromatic carbocycles. The van der Waals surface area contributed by atoms with Crippen LogP contribution < -0.4 is 20.9 Å². The molecule has 0 radical (unpaired) electrons. The van der Waals surface area contributed by atoms with E-state index < -0.39 is 15.3 Å². The molecule has 2 aromatic rings. The monoisotopic (exact) mass is 480 g/mol. The Kier molecular flexibility index (Phi) is 6.77. The van der Waals surface area contributed by atoms with Gasteiger partial charge in [0.25, 0.3) is 5.91 Å². The number of amides is 1. The number of aromatic nitrogens is 2. The van der Waals surface area contributed by atoms with Crippen molar-refractivity contribution in [1.82, 2.24) is 25.4 Å². The Morgan fingerprint density at radius 1 is 1.19 bits per heavy atom. The summed E-state index contributed by atoms with van der Waals surface area (Å²) in [4.78, 5) is 12.6. The van der Waals surface area contributed by atoms with Crippen LogP contribution in [0.3, 0.4) is 0 Å². The first-order chi connectivity index (χ1) is 15.3. The van der Waals surface area contributed by atoms with Gasteiger partial charge in [0.2, 0.25) is 15.0 Å². The first-order valence-corrected chi connectivity index (χ1v) is 12.9. The van der Waals surface area contributed by atoms with Gasteiger partial charge in [0.1, 0.15) is 16.0 Å². The number of benzene rings is 1. The van der Waals surface area contributed by atoms with E-state index >= 15 is 0 Å². The van der Waals surface area contributed by atoms with Gasteiger partial charge in [-0.3, -0.25) is 15.6 Å². The molecule has 10 nitrogen and oxygen atoms in total. The second-order valence-corrected chi connectivity index (χ2v) is 11.3. The first-order valence-electron chi connectivity index (χ1n) is 10.6. The average molecular weight is 481 g/mol. The Labute approximate surface area is 191 Å². The molecule has 0 saturated carbocycles. The molecular formula is C20H28N6O4S2. The van der Waals surface area contributed by atoms with E-state index in [9.17, 15) is 13.2 Å². The van der Waals surface area contributed by atoms with Crippen molar-refractivity contribution in [2.45, 2.75) is 49.9 Å². The van der Waals surface area contributed by atoms with Gasteiger partial charge in [0.15, 0.2) is 0 Å². The van der Waals surface area contributed by atoms with E-state index in [2.05, 4.69) is 26.4 Å². The summed E-state index contributed by atoms with van der Waals surface area (Å²) >= 11 is 1.22. The lowest BCUT2D eigenvalue weighted by Gasteiger charge is -2.34. The Balaban J connectivity index is 1.43. The van der Waals surface area contributed by atoms with Crippen molar-refractivity contribution in [2.24, 2.45) is 0 Å². The van der Waals surface area contributed by atoms with Crippen molar-refractivity contribution < 1.29 is 17.9 Å². The van der Waals surface area contributed by atoms with Gasteiger partial charge in [-0.1, -0.05) is 11.3 Å². The molecule has 3 unspecified atom stereocenters. The van der Waals surface area contributed by atoms with Crippen LogP contribution in [0, 0.1) is 0 Å². The summed E-state index contributed by atoms with van der Waals surface area (Å²) in [6.45, 7) is 4.60. The summed E-state index contributed by atoms with van der Waals surface area (Å²) in [6, 6.07) is 6.66. The Morgan fingerprint density at radius 3 is 2.53 bits per heavy atom. The van der Waals surface area contributed by atoms with Crippen LogP contribution in [-0.4, -0.2) is 66.4 Å². The summed E-state index contributed by atoms with van der Waals surface area (Å²) in [7, 11) is -1.90. The van der Waals surface area contributed by atoms with Crippen molar-refractivity contribution in [1.29, 1.82) is 0 Å². The van der Waals surface area contributed by atoms with Crippen LogP contribution in [0.25, 0.3) is 0 Å². The molecule has 3 heterocycles. The zero-order valence-corrected chi connectivity index (χ0v) is 19.9. The second kappa shape index (κ2) is 9.40. The fourth-order valence-electron chi connectivity index (χ4n) is 4.27. The largest absolute Gasteiger partial charge is 0.497 e. The van der Waals surface area contributed by atoms with Crippen molar-refractivity contribution in [2.75, 3.05) is 25.5 Å². The number of anilines is 1. The summed E-state index contributed by atoms with van der Waals surface area (Å²) < 4.78 is 33.3.